The van der Waals surface area contributed by atoms with Crippen LogP contribution in [0.5, 0.6) is 5.75 Å². The Balaban J connectivity index is 3.00. The second-order valence-corrected chi connectivity index (χ2v) is 3.48. The predicted molar refractivity (Wildman–Crippen MR) is 63.5 cm³/mol. The monoisotopic (exact) mass is 248 g/mol. The van der Waals surface area contributed by atoms with Crippen LogP contribution in [-0.4, -0.2) is 29.3 Å². The first-order valence-corrected chi connectivity index (χ1v) is 5.12. The van der Waals surface area contributed by atoms with E-state index in [0.29, 0.717) is 16.9 Å². The molecule has 1 aromatic rings. The Kier molecular flexibility index (Phi) is 4.76. The number of hydrogen-bond acceptors (Lipinski definition) is 3. The highest BCUT2D eigenvalue weighted by Gasteiger charge is 2.05. The maximum absolute atomic E-state index is 10.6. The van der Waals surface area contributed by atoms with Crippen molar-refractivity contribution in [2.45, 2.75) is 12.8 Å². The third kappa shape index (κ3) is 4.18. The summed E-state index contributed by atoms with van der Waals surface area (Å²) in [5.74, 6) is 3.68. The average Bonchev–Trinajstić information content (AvgIpc) is 2.28. The van der Waals surface area contributed by atoms with Crippen molar-refractivity contribution in [2.24, 2.45) is 0 Å². The Morgan fingerprint density at radius 3 is 2.56 bits per heavy atom. The molecule has 0 aromatic heterocycles. The summed E-state index contributed by atoms with van der Waals surface area (Å²) in [7, 11) is 1.47. The third-order valence-electron chi connectivity index (χ3n) is 2.08. The van der Waals surface area contributed by atoms with Crippen molar-refractivity contribution >= 4 is 11.9 Å². The minimum atomic E-state index is -1.01. The Bertz CT molecular complexity index is 522. The van der Waals surface area contributed by atoms with Crippen LogP contribution in [0.2, 0.25) is 0 Å². The van der Waals surface area contributed by atoms with Crippen LogP contribution in [0.1, 0.15) is 17.5 Å². The van der Waals surface area contributed by atoms with E-state index in [4.69, 9.17) is 14.9 Å². The first-order chi connectivity index (χ1) is 8.52. The molecule has 0 saturated carbocycles. The molecule has 0 amide bonds. The van der Waals surface area contributed by atoms with Crippen LogP contribution >= 0.6 is 0 Å². The molecule has 18 heavy (non-hydrogen) atoms. The van der Waals surface area contributed by atoms with Crippen LogP contribution in [0.4, 0.5) is 0 Å². The van der Waals surface area contributed by atoms with E-state index in [9.17, 15) is 9.59 Å². The van der Waals surface area contributed by atoms with E-state index in [2.05, 4.69) is 11.8 Å². The van der Waals surface area contributed by atoms with Crippen molar-refractivity contribution in [1.82, 2.24) is 0 Å². The van der Waals surface area contributed by atoms with Gasteiger partial charge in [0.25, 0.3) is 0 Å². The molecule has 5 heteroatoms. The molecule has 0 spiro atoms. The van der Waals surface area contributed by atoms with Crippen molar-refractivity contribution in [2.75, 3.05) is 7.11 Å². The standard InChI is InChI=1S/C13H12O5/c1-18-11-6-5-9(8-13(16)17)7-10(11)3-2-4-12(14)15/h5-7H,4,8H2,1H3,(H,14,15)(H,16,17). The summed E-state index contributed by atoms with van der Waals surface area (Å²) in [6.45, 7) is 0. The van der Waals surface area contributed by atoms with Gasteiger partial charge in [-0.3, -0.25) is 9.59 Å². The van der Waals surface area contributed by atoms with Gasteiger partial charge in [-0.1, -0.05) is 17.9 Å². The van der Waals surface area contributed by atoms with Crippen LogP contribution in [0.3, 0.4) is 0 Å². The van der Waals surface area contributed by atoms with Crippen molar-refractivity contribution < 1.29 is 24.5 Å². The molecule has 0 aliphatic rings. The molecular weight excluding hydrogens is 236 g/mol. The number of rotatable bonds is 4. The molecule has 0 aliphatic heterocycles. The summed E-state index contributed by atoms with van der Waals surface area (Å²) in [5.41, 5.74) is 1.07. The number of carboxylic acid groups (broad SMARTS) is 2. The predicted octanol–water partition coefficient (Wildman–Crippen LogP) is 1.15. The van der Waals surface area contributed by atoms with Gasteiger partial charge in [-0.05, 0) is 17.7 Å². The molecule has 94 valence electrons. The van der Waals surface area contributed by atoms with Crippen LogP contribution in [0.25, 0.3) is 0 Å². The van der Waals surface area contributed by atoms with Crippen molar-refractivity contribution in [3.63, 3.8) is 0 Å². The van der Waals surface area contributed by atoms with Crippen LogP contribution in [-0.2, 0) is 16.0 Å². The number of hydrogen-bond donors (Lipinski definition) is 2. The van der Waals surface area contributed by atoms with Crippen LogP contribution < -0.4 is 4.74 Å². The Hall–Kier alpha value is -2.48. The fourth-order valence-electron chi connectivity index (χ4n) is 1.35. The quantitative estimate of drug-likeness (QED) is 0.781. The van der Waals surface area contributed by atoms with Gasteiger partial charge >= 0.3 is 11.9 Å². The first kappa shape index (κ1) is 13.6. The third-order valence-corrected chi connectivity index (χ3v) is 2.08. The topological polar surface area (TPSA) is 83.8 Å². The Morgan fingerprint density at radius 2 is 2.00 bits per heavy atom. The SMILES string of the molecule is COc1ccc(CC(=O)O)cc1C#CCC(=O)O. The van der Waals surface area contributed by atoms with Crippen molar-refractivity contribution in [3.8, 4) is 17.6 Å². The zero-order chi connectivity index (χ0) is 13.5. The lowest BCUT2D eigenvalue weighted by Gasteiger charge is -2.05. The van der Waals surface area contributed by atoms with E-state index in [0.717, 1.165) is 0 Å². The van der Waals surface area contributed by atoms with E-state index < -0.39 is 11.9 Å². The zero-order valence-electron chi connectivity index (χ0n) is 9.77. The summed E-state index contributed by atoms with van der Waals surface area (Å²) in [4.78, 5) is 20.9. The second-order valence-electron chi connectivity index (χ2n) is 3.48. The lowest BCUT2D eigenvalue weighted by molar-refractivity contribution is -0.137. The van der Waals surface area contributed by atoms with Crippen molar-refractivity contribution in [3.05, 3.63) is 29.3 Å². The molecular formula is C13H12O5. The maximum atomic E-state index is 10.6. The summed E-state index contributed by atoms with van der Waals surface area (Å²) in [6, 6.07) is 4.83. The van der Waals surface area contributed by atoms with Gasteiger partial charge in [0.2, 0.25) is 0 Å². The molecule has 5 nitrogen and oxygen atoms in total. The normalized spacial score (nSPS) is 9.17. The lowest BCUT2D eigenvalue weighted by atomic mass is 10.1. The van der Waals surface area contributed by atoms with Gasteiger partial charge in [0.05, 0.1) is 19.1 Å². The number of benzene rings is 1. The molecule has 0 unspecified atom stereocenters. The maximum Gasteiger partial charge on any atom is 0.315 e. The van der Waals surface area contributed by atoms with Gasteiger partial charge in [0.15, 0.2) is 0 Å². The molecule has 0 saturated heterocycles. The van der Waals surface area contributed by atoms with E-state index >= 15 is 0 Å². The van der Waals surface area contributed by atoms with Gasteiger partial charge in [-0.25, -0.2) is 0 Å². The van der Waals surface area contributed by atoms with Gasteiger partial charge in [-0.15, -0.1) is 0 Å². The fraction of sp³-hybridized carbons (Fsp3) is 0.231. The highest BCUT2D eigenvalue weighted by atomic mass is 16.5. The number of aliphatic carboxylic acids is 2. The van der Waals surface area contributed by atoms with E-state index in [-0.39, 0.29) is 12.8 Å². The number of methoxy groups -OCH3 is 1. The molecule has 1 aromatic carbocycles. The van der Waals surface area contributed by atoms with E-state index in [1.54, 1.807) is 18.2 Å². The molecule has 0 atom stereocenters. The largest absolute Gasteiger partial charge is 0.495 e. The van der Waals surface area contributed by atoms with E-state index in [1.165, 1.54) is 7.11 Å². The lowest BCUT2D eigenvalue weighted by Crippen LogP contribution is -2.00. The molecule has 0 aliphatic carbocycles. The van der Waals surface area contributed by atoms with E-state index in [1.807, 2.05) is 0 Å². The summed E-state index contributed by atoms with van der Waals surface area (Å²) < 4.78 is 5.07. The Labute approximate surface area is 104 Å². The number of carboxylic acids is 2. The van der Waals surface area contributed by atoms with Gasteiger partial charge < -0.3 is 14.9 Å². The molecule has 0 heterocycles. The summed E-state index contributed by atoms with van der Waals surface area (Å²) in [5, 5.41) is 17.2. The fourth-order valence-corrected chi connectivity index (χ4v) is 1.35. The van der Waals surface area contributed by atoms with Gasteiger partial charge in [-0.2, -0.15) is 0 Å². The first-order valence-electron chi connectivity index (χ1n) is 5.12. The molecule has 1 rings (SSSR count). The molecule has 2 N–H and O–H groups in total. The van der Waals surface area contributed by atoms with Crippen LogP contribution in [0, 0.1) is 11.8 Å². The molecule has 0 bridgehead atoms. The summed E-state index contributed by atoms with van der Waals surface area (Å²) in [6.07, 6.45) is -0.385. The van der Waals surface area contributed by atoms with Crippen LogP contribution in [0.15, 0.2) is 18.2 Å². The highest BCUT2D eigenvalue weighted by molar-refractivity contribution is 5.71. The summed E-state index contributed by atoms with van der Waals surface area (Å²) >= 11 is 0. The van der Waals surface area contributed by atoms with Crippen molar-refractivity contribution in [1.29, 1.82) is 0 Å². The zero-order valence-corrected chi connectivity index (χ0v) is 9.77. The number of carbonyl (C=O) groups is 2. The number of ether oxygens (including phenoxy) is 1. The Morgan fingerprint density at radius 1 is 1.28 bits per heavy atom. The second kappa shape index (κ2) is 6.30. The minimum absolute atomic E-state index is 0.113. The van der Waals surface area contributed by atoms with Gasteiger partial charge in [0, 0.05) is 0 Å². The molecule has 0 radical (unpaired) electrons. The van der Waals surface area contributed by atoms with Gasteiger partial charge in [0.1, 0.15) is 12.2 Å². The average molecular weight is 248 g/mol. The molecule has 0 fully saturated rings. The minimum Gasteiger partial charge on any atom is -0.495 e. The smallest absolute Gasteiger partial charge is 0.315 e. The highest BCUT2D eigenvalue weighted by Crippen LogP contribution is 2.19.